The third-order valence-corrected chi connectivity index (χ3v) is 1.81. The lowest BCUT2D eigenvalue weighted by atomic mass is 10.2. The molecule has 2 nitrogen and oxygen atoms in total. The molecule has 0 amide bonds. The summed E-state index contributed by atoms with van der Waals surface area (Å²) < 4.78 is 11.2. The average molecular weight is 188 g/mol. The van der Waals surface area contributed by atoms with Crippen molar-refractivity contribution < 1.29 is 9.47 Å². The van der Waals surface area contributed by atoms with Crippen LogP contribution in [0.5, 0.6) is 0 Å². The topological polar surface area (TPSA) is 18.5 Å². The summed E-state index contributed by atoms with van der Waals surface area (Å²) in [7, 11) is 0. The third kappa shape index (κ3) is 8.26. The Morgan fingerprint density at radius 3 is 2.00 bits per heavy atom. The Labute approximate surface area is 82.6 Å². The molecular weight excluding hydrogens is 164 g/mol. The largest absolute Gasteiger partial charge is 0.379 e. The third-order valence-electron chi connectivity index (χ3n) is 1.81. The van der Waals surface area contributed by atoms with E-state index in [4.69, 9.17) is 9.47 Å². The van der Waals surface area contributed by atoms with E-state index < -0.39 is 0 Å². The van der Waals surface area contributed by atoms with Crippen LogP contribution in [0.25, 0.3) is 0 Å². The van der Waals surface area contributed by atoms with Gasteiger partial charge in [0.2, 0.25) is 0 Å². The maximum absolute atomic E-state index is 5.70. The van der Waals surface area contributed by atoms with Gasteiger partial charge in [-0.2, -0.15) is 0 Å². The van der Waals surface area contributed by atoms with E-state index in [1.54, 1.807) is 0 Å². The Morgan fingerprint density at radius 2 is 1.62 bits per heavy atom. The van der Waals surface area contributed by atoms with Crippen molar-refractivity contribution in [2.75, 3.05) is 6.61 Å². The summed E-state index contributed by atoms with van der Waals surface area (Å²) in [5, 5.41) is 0. The van der Waals surface area contributed by atoms with E-state index in [2.05, 4.69) is 34.6 Å². The first kappa shape index (κ1) is 12.9. The van der Waals surface area contributed by atoms with Gasteiger partial charge in [0.15, 0.2) is 0 Å². The number of ether oxygens (including phenoxy) is 2. The molecule has 0 radical (unpaired) electrons. The second-order valence-electron chi connectivity index (χ2n) is 3.92. The highest BCUT2D eigenvalue weighted by atomic mass is 16.5. The smallest absolute Gasteiger partial charge is 0.0598 e. The second-order valence-corrected chi connectivity index (χ2v) is 3.92. The van der Waals surface area contributed by atoms with Gasteiger partial charge < -0.3 is 9.47 Å². The fraction of sp³-hybridized carbons (Fsp3) is 1.00. The van der Waals surface area contributed by atoms with Crippen molar-refractivity contribution in [1.29, 1.82) is 0 Å². The minimum Gasteiger partial charge on any atom is -0.379 e. The summed E-state index contributed by atoms with van der Waals surface area (Å²) >= 11 is 0. The van der Waals surface area contributed by atoms with E-state index in [0.717, 1.165) is 19.4 Å². The summed E-state index contributed by atoms with van der Waals surface area (Å²) in [6.07, 6.45) is 3.09. The SMILES string of the molecule is CCC(CCOC(C)C)OC(C)C. The molecule has 0 aliphatic heterocycles. The Hall–Kier alpha value is -0.0800. The highest BCUT2D eigenvalue weighted by molar-refractivity contribution is 4.56. The Balaban J connectivity index is 3.48. The molecule has 0 aromatic rings. The molecule has 2 heteroatoms. The van der Waals surface area contributed by atoms with Crippen molar-refractivity contribution in [2.45, 2.75) is 65.8 Å². The molecule has 0 fully saturated rings. The molecule has 0 rings (SSSR count). The average Bonchev–Trinajstić information content (AvgIpc) is 2.01. The number of hydrogen-bond acceptors (Lipinski definition) is 2. The summed E-state index contributed by atoms with van der Waals surface area (Å²) in [4.78, 5) is 0. The Kier molecular flexibility index (Phi) is 7.29. The van der Waals surface area contributed by atoms with Gasteiger partial charge in [-0.05, 0) is 40.5 Å². The van der Waals surface area contributed by atoms with E-state index in [1.165, 1.54) is 0 Å². The summed E-state index contributed by atoms with van der Waals surface area (Å²) in [5.41, 5.74) is 0. The lowest BCUT2D eigenvalue weighted by Gasteiger charge is -2.19. The van der Waals surface area contributed by atoms with Gasteiger partial charge in [-0.15, -0.1) is 0 Å². The zero-order valence-corrected chi connectivity index (χ0v) is 9.67. The van der Waals surface area contributed by atoms with Crippen LogP contribution in [-0.2, 0) is 9.47 Å². The van der Waals surface area contributed by atoms with Crippen LogP contribution in [0.2, 0.25) is 0 Å². The zero-order chi connectivity index (χ0) is 10.3. The van der Waals surface area contributed by atoms with Crippen molar-refractivity contribution in [3.05, 3.63) is 0 Å². The van der Waals surface area contributed by atoms with Gasteiger partial charge in [0.1, 0.15) is 0 Å². The van der Waals surface area contributed by atoms with E-state index in [9.17, 15) is 0 Å². The molecule has 13 heavy (non-hydrogen) atoms. The van der Waals surface area contributed by atoms with Crippen LogP contribution >= 0.6 is 0 Å². The first-order chi connectivity index (χ1) is 6.06. The molecule has 0 spiro atoms. The predicted molar refractivity (Wildman–Crippen MR) is 56.0 cm³/mol. The molecule has 0 N–H and O–H groups in total. The molecule has 0 aromatic carbocycles. The zero-order valence-electron chi connectivity index (χ0n) is 9.67. The molecule has 0 aliphatic rings. The van der Waals surface area contributed by atoms with Gasteiger partial charge in [0.05, 0.1) is 18.3 Å². The second kappa shape index (κ2) is 7.34. The van der Waals surface area contributed by atoms with Crippen molar-refractivity contribution in [3.8, 4) is 0 Å². The molecule has 0 bridgehead atoms. The molecule has 0 aromatic heterocycles. The van der Waals surface area contributed by atoms with Crippen LogP contribution in [0.4, 0.5) is 0 Å². The van der Waals surface area contributed by atoms with E-state index in [0.29, 0.717) is 18.3 Å². The van der Waals surface area contributed by atoms with Crippen LogP contribution in [0.15, 0.2) is 0 Å². The van der Waals surface area contributed by atoms with Crippen molar-refractivity contribution in [1.82, 2.24) is 0 Å². The standard InChI is InChI=1S/C11H24O2/c1-6-11(13-10(4)5)7-8-12-9(2)3/h9-11H,6-8H2,1-5H3. The van der Waals surface area contributed by atoms with E-state index in [-0.39, 0.29) is 0 Å². The van der Waals surface area contributed by atoms with Crippen molar-refractivity contribution in [3.63, 3.8) is 0 Å². The van der Waals surface area contributed by atoms with Crippen LogP contribution in [0, 0.1) is 0 Å². The van der Waals surface area contributed by atoms with Crippen LogP contribution < -0.4 is 0 Å². The quantitative estimate of drug-likeness (QED) is 0.611. The van der Waals surface area contributed by atoms with Gasteiger partial charge in [-0.1, -0.05) is 6.92 Å². The van der Waals surface area contributed by atoms with Gasteiger partial charge in [-0.25, -0.2) is 0 Å². The number of rotatable bonds is 7. The monoisotopic (exact) mass is 188 g/mol. The summed E-state index contributed by atoms with van der Waals surface area (Å²) in [6, 6.07) is 0. The van der Waals surface area contributed by atoms with Crippen molar-refractivity contribution >= 4 is 0 Å². The molecule has 0 heterocycles. The minimum atomic E-state index is 0.323. The van der Waals surface area contributed by atoms with Gasteiger partial charge in [0, 0.05) is 6.61 Å². The first-order valence-electron chi connectivity index (χ1n) is 5.33. The Bertz CT molecular complexity index is 111. The van der Waals surface area contributed by atoms with Gasteiger partial charge >= 0.3 is 0 Å². The van der Waals surface area contributed by atoms with Crippen LogP contribution in [0.3, 0.4) is 0 Å². The van der Waals surface area contributed by atoms with Crippen molar-refractivity contribution in [2.24, 2.45) is 0 Å². The minimum absolute atomic E-state index is 0.323. The molecule has 0 saturated heterocycles. The van der Waals surface area contributed by atoms with Gasteiger partial charge in [0.25, 0.3) is 0 Å². The maximum Gasteiger partial charge on any atom is 0.0598 e. The first-order valence-corrected chi connectivity index (χ1v) is 5.33. The lowest BCUT2D eigenvalue weighted by molar-refractivity contribution is -0.0223. The number of hydrogen-bond donors (Lipinski definition) is 0. The molecule has 1 unspecified atom stereocenters. The lowest BCUT2D eigenvalue weighted by Crippen LogP contribution is -2.19. The van der Waals surface area contributed by atoms with Crippen LogP contribution in [-0.4, -0.2) is 24.9 Å². The molecule has 1 atom stereocenters. The molecule has 0 saturated carbocycles. The predicted octanol–water partition coefficient (Wildman–Crippen LogP) is 3.01. The fourth-order valence-corrected chi connectivity index (χ4v) is 1.19. The highest BCUT2D eigenvalue weighted by Gasteiger charge is 2.08. The summed E-state index contributed by atoms with van der Waals surface area (Å²) in [5.74, 6) is 0. The van der Waals surface area contributed by atoms with E-state index >= 15 is 0 Å². The van der Waals surface area contributed by atoms with E-state index in [1.807, 2.05) is 0 Å². The molecular formula is C11H24O2. The maximum atomic E-state index is 5.70. The molecule has 80 valence electrons. The Morgan fingerprint density at radius 1 is 1.00 bits per heavy atom. The van der Waals surface area contributed by atoms with Gasteiger partial charge in [-0.3, -0.25) is 0 Å². The normalized spacial score (nSPS) is 14.1. The highest BCUT2D eigenvalue weighted by Crippen LogP contribution is 2.07. The fourth-order valence-electron chi connectivity index (χ4n) is 1.19. The molecule has 0 aliphatic carbocycles. The van der Waals surface area contributed by atoms with Crippen LogP contribution in [0.1, 0.15) is 47.5 Å². The summed E-state index contributed by atoms with van der Waals surface area (Å²) in [6.45, 7) is 11.2.